The Morgan fingerprint density at radius 1 is 1.23 bits per heavy atom. The number of ether oxygens (including phenoxy) is 1. The predicted molar refractivity (Wildman–Crippen MR) is 95.7 cm³/mol. The fourth-order valence-corrected chi connectivity index (χ4v) is 3.02. The van der Waals surface area contributed by atoms with Crippen LogP contribution in [0.4, 0.5) is 10.1 Å². The van der Waals surface area contributed by atoms with Crippen LogP contribution in [0, 0.1) is 15.9 Å². The van der Waals surface area contributed by atoms with Crippen LogP contribution in [0.5, 0.6) is 5.75 Å². The van der Waals surface area contributed by atoms with Crippen LogP contribution >= 0.6 is 11.8 Å². The van der Waals surface area contributed by atoms with Gasteiger partial charge in [0.25, 0.3) is 5.69 Å². The van der Waals surface area contributed by atoms with E-state index < -0.39 is 4.92 Å². The molecule has 0 saturated heterocycles. The van der Waals surface area contributed by atoms with Crippen LogP contribution in [-0.4, -0.2) is 32.0 Å². The first-order valence-electron chi connectivity index (χ1n) is 7.70. The number of halogens is 1. The zero-order chi connectivity index (χ0) is 18.5. The van der Waals surface area contributed by atoms with Crippen molar-refractivity contribution in [3.63, 3.8) is 0 Å². The summed E-state index contributed by atoms with van der Waals surface area (Å²) < 4.78 is 21.1. The third-order valence-electron chi connectivity index (χ3n) is 3.56. The van der Waals surface area contributed by atoms with Gasteiger partial charge in [-0.2, -0.15) is 0 Å². The lowest BCUT2D eigenvalue weighted by Gasteiger charge is -2.06. The largest absolute Gasteiger partial charge is 0.492 e. The van der Waals surface area contributed by atoms with Gasteiger partial charge in [-0.15, -0.1) is 10.2 Å². The number of aromatic nitrogens is 3. The molecule has 0 spiro atoms. The molecule has 0 aliphatic rings. The molecule has 9 heteroatoms. The molecule has 0 aliphatic heterocycles. The predicted octanol–water partition coefficient (Wildman–Crippen LogP) is 3.70. The quantitative estimate of drug-likeness (QED) is 0.271. The van der Waals surface area contributed by atoms with Gasteiger partial charge in [-0.1, -0.05) is 30.0 Å². The highest BCUT2D eigenvalue weighted by molar-refractivity contribution is 7.99. The van der Waals surface area contributed by atoms with E-state index >= 15 is 0 Å². The average Bonchev–Trinajstić information content (AvgIpc) is 3.00. The average molecular weight is 374 g/mol. The first-order chi connectivity index (χ1) is 12.6. The van der Waals surface area contributed by atoms with Gasteiger partial charge in [0.15, 0.2) is 11.0 Å². The summed E-state index contributed by atoms with van der Waals surface area (Å²) in [4.78, 5) is 10.3. The van der Waals surface area contributed by atoms with Gasteiger partial charge in [0.1, 0.15) is 11.6 Å². The molecular weight excluding hydrogens is 359 g/mol. The molecule has 0 fully saturated rings. The van der Waals surface area contributed by atoms with Crippen LogP contribution < -0.4 is 4.74 Å². The highest BCUT2D eigenvalue weighted by Crippen LogP contribution is 2.25. The second-order valence-electron chi connectivity index (χ2n) is 5.30. The lowest BCUT2D eigenvalue weighted by molar-refractivity contribution is -0.384. The molecule has 1 aromatic heterocycles. The monoisotopic (exact) mass is 374 g/mol. The number of nitro benzene ring substituents is 1. The van der Waals surface area contributed by atoms with E-state index in [-0.39, 0.29) is 11.5 Å². The van der Waals surface area contributed by atoms with Gasteiger partial charge < -0.3 is 9.30 Å². The van der Waals surface area contributed by atoms with E-state index in [1.54, 1.807) is 41.9 Å². The molecule has 0 unspecified atom stereocenters. The van der Waals surface area contributed by atoms with Crippen LogP contribution in [0.2, 0.25) is 0 Å². The number of nitrogens with zero attached hydrogens (tertiary/aromatic N) is 4. The lowest BCUT2D eigenvalue weighted by Crippen LogP contribution is -2.02. The molecule has 1 heterocycles. The molecular formula is C17H15FN4O3S. The highest BCUT2D eigenvalue weighted by atomic mass is 32.2. The van der Waals surface area contributed by atoms with E-state index in [1.807, 2.05) is 0 Å². The van der Waals surface area contributed by atoms with Crippen LogP contribution in [-0.2, 0) is 7.05 Å². The Morgan fingerprint density at radius 3 is 2.81 bits per heavy atom. The van der Waals surface area contributed by atoms with Crippen LogP contribution in [0.15, 0.2) is 53.7 Å². The summed E-state index contributed by atoms with van der Waals surface area (Å²) in [5.74, 6) is 1.09. The minimum Gasteiger partial charge on any atom is -0.492 e. The standard InChI is InChI=1S/C17H15FN4O3S/c1-21-16(14-7-2-3-8-15(14)18)19-20-17(21)26-10-9-25-13-6-4-5-12(11-13)22(23)24/h2-8,11H,9-10H2,1H3. The van der Waals surface area contributed by atoms with E-state index in [9.17, 15) is 14.5 Å². The molecule has 0 atom stereocenters. The third-order valence-corrected chi connectivity index (χ3v) is 4.55. The van der Waals surface area contributed by atoms with Gasteiger partial charge in [0.2, 0.25) is 0 Å². The maximum atomic E-state index is 13.9. The van der Waals surface area contributed by atoms with Gasteiger partial charge >= 0.3 is 0 Å². The number of rotatable bonds is 7. The summed E-state index contributed by atoms with van der Waals surface area (Å²) in [6.07, 6.45) is 0. The SMILES string of the molecule is Cn1c(SCCOc2cccc([N+](=O)[O-])c2)nnc1-c1ccccc1F. The lowest BCUT2D eigenvalue weighted by atomic mass is 10.2. The fourth-order valence-electron chi connectivity index (χ4n) is 2.30. The summed E-state index contributed by atoms with van der Waals surface area (Å²) >= 11 is 1.41. The van der Waals surface area contributed by atoms with Crippen molar-refractivity contribution in [1.29, 1.82) is 0 Å². The summed E-state index contributed by atoms with van der Waals surface area (Å²) in [6, 6.07) is 12.4. The third kappa shape index (κ3) is 3.99. The minimum absolute atomic E-state index is 0.0158. The van der Waals surface area contributed by atoms with Gasteiger partial charge in [-0.05, 0) is 18.2 Å². The first kappa shape index (κ1) is 17.9. The second kappa shape index (κ2) is 7.96. The summed E-state index contributed by atoms with van der Waals surface area (Å²) in [5.41, 5.74) is 0.375. The minimum atomic E-state index is -0.467. The Labute approximate surface area is 153 Å². The van der Waals surface area contributed by atoms with Crippen molar-refractivity contribution >= 4 is 17.4 Å². The number of hydrogen-bond acceptors (Lipinski definition) is 6. The Balaban J connectivity index is 1.59. The van der Waals surface area contributed by atoms with E-state index in [0.717, 1.165) is 0 Å². The van der Waals surface area contributed by atoms with E-state index in [0.29, 0.717) is 34.7 Å². The van der Waals surface area contributed by atoms with Crippen molar-refractivity contribution in [2.75, 3.05) is 12.4 Å². The number of thioether (sulfide) groups is 1. The van der Waals surface area contributed by atoms with Crippen LogP contribution in [0.1, 0.15) is 0 Å². The molecule has 0 saturated carbocycles. The topological polar surface area (TPSA) is 83.1 Å². The first-order valence-corrected chi connectivity index (χ1v) is 8.69. The number of hydrogen-bond donors (Lipinski definition) is 0. The van der Waals surface area contributed by atoms with Crippen molar-refractivity contribution in [2.45, 2.75) is 5.16 Å². The van der Waals surface area contributed by atoms with Crippen molar-refractivity contribution in [3.05, 3.63) is 64.5 Å². The maximum absolute atomic E-state index is 13.9. The molecule has 3 aromatic rings. The van der Waals surface area contributed by atoms with Gasteiger partial charge in [-0.3, -0.25) is 10.1 Å². The van der Waals surface area contributed by atoms with E-state index in [2.05, 4.69) is 10.2 Å². The number of non-ortho nitro benzene ring substituents is 1. The molecule has 7 nitrogen and oxygen atoms in total. The normalized spacial score (nSPS) is 10.7. The Morgan fingerprint density at radius 2 is 2.04 bits per heavy atom. The Bertz CT molecular complexity index is 932. The Kier molecular flexibility index (Phi) is 5.47. The smallest absolute Gasteiger partial charge is 0.273 e. The highest BCUT2D eigenvalue weighted by Gasteiger charge is 2.14. The molecule has 0 bridgehead atoms. The zero-order valence-corrected chi connectivity index (χ0v) is 14.6. The molecule has 3 rings (SSSR count). The van der Waals surface area contributed by atoms with Crippen molar-refractivity contribution in [3.8, 4) is 17.1 Å². The number of nitro groups is 1. The molecule has 26 heavy (non-hydrogen) atoms. The van der Waals surface area contributed by atoms with Crippen molar-refractivity contribution in [2.24, 2.45) is 7.05 Å². The Hall–Kier alpha value is -2.94. The van der Waals surface area contributed by atoms with Crippen LogP contribution in [0.3, 0.4) is 0 Å². The van der Waals surface area contributed by atoms with Crippen molar-refractivity contribution < 1.29 is 14.1 Å². The summed E-state index contributed by atoms with van der Waals surface area (Å²) in [7, 11) is 1.77. The van der Waals surface area contributed by atoms with E-state index in [1.165, 1.54) is 30.0 Å². The molecule has 2 aromatic carbocycles. The van der Waals surface area contributed by atoms with Gasteiger partial charge in [-0.25, -0.2) is 4.39 Å². The second-order valence-corrected chi connectivity index (χ2v) is 6.36. The van der Waals surface area contributed by atoms with Gasteiger partial charge in [0.05, 0.1) is 23.2 Å². The molecule has 0 aliphatic carbocycles. The van der Waals surface area contributed by atoms with Crippen LogP contribution in [0.25, 0.3) is 11.4 Å². The maximum Gasteiger partial charge on any atom is 0.273 e. The van der Waals surface area contributed by atoms with Gasteiger partial charge in [0, 0.05) is 18.9 Å². The number of benzene rings is 2. The zero-order valence-electron chi connectivity index (χ0n) is 13.8. The fraction of sp³-hybridized carbons (Fsp3) is 0.176. The molecule has 0 N–H and O–H groups in total. The van der Waals surface area contributed by atoms with Crippen molar-refractivity contribution in [1.82, 2.24) is 14.8 Å². The summed E-state index contributed by atoms with van der Waals surface area (Å²) in [5, 5.41) is 19.5. The molecule has 0 amide bonds. The molecule has 0 radical (unpaired) electrons. The molecule has 134 valence electrons. The summed E-state index contributed by atoms with van der Waals surface area (Å²) in [6.45, 7) is 0.341. The van der Waals surface area contributed by atoms with E-state index in [4.69, 9.17) is 4.74 Å².